The van der Waals surface area contributed by atoms with Crippen molar-refractivity contribution in [2.75, 3.05) is 0 Å². The number of nitrogens with one attached hydrogen (secondary N) is 1. The second-order valence-electron chi connectivity index (χ2n) is 5.80. The van der Waals surface area contributed by atoms with Gasteiger partial charge in [0.15, 0.2) is 0 Å². The molecule has 0 bridgehead atoms. The Bertz CT molecular complexity index is 315. The number of hydrogen-bond acceptors (Lipinski definition) is 1. The lowest BCUT2D eigenvalue weighted by Crippen LogP contribution is -2.26. The van der Waals surface area contributed by atoms with Crippen LogP contribution in [-0.4, -0.2) is 10.6 Å². The molecule has 2 heteroatoms. The van der Waals surface area contributed by atoms with Gasteiger partial charge in [-0.1, -0.05) is 33.6 Å². The molecule has 0 fully saturated rings. The molecule has 0 aliphatic rings. The minimum absolute atomic E-state index is 0.619. The lowest BCUT2D eigenvalue weighted by Gasteiger charge is -2.15. The number of rotatable bonds is 9. The number of hydrogen-bond donors (Lipinski definition) is 1. The van der Waals surface area contributed by atoms with Crippen LogP contribution in [-0.2, 0) is 13.1 Å². The largest absolute Gasteiger partial charge is 0.350 e. The molecular formula is C16H30N2. The second kappa shape index (κ2) is 8.36. The molecule has 1 atom stereocenters. The molecule has 0 saturated carbocycles. The smallest absolute Gasteiger partial charge is 0.0361 e. The molecule has 1 heterocycles. The predicted molar refractivity (Wildman–Crippen MR) is 79.7 cm³/mol. The molecule has 18 heavy (non-hydrogen) atoms. The van der Waals surface area contributed by atoms with Crippen molar-refractivity contribution in [2.45, 2.75) is 72.5 Å². The quantitative estimate of drug-likeness (QED) is 0.695. The van der Waals surface area contributed by atoms with Crippen molar-refractivity contribution in [1.29, 1.82) is 0 Å². The van der Waals surface area contributed by atoms with Crippen LogP contribution in [0, 0.1) is 5.92 Å². The standard InChI is InChI=1S/C16H30N2/c1-5-11-18-12-7-10-16(18)13-17-15(4)9-6-8-14(2)3/h7,10,12,14-15,17H,5-6,8-9,11,13H2,1-4H3. The summed E-state index contributed by atoms with van der Waals surface area (Å²) in [5, 5.41) is 3.64. The van der Waals surface area contributed by atoms with Gasteiger partial charge in [0.05, 0.1) is 0 Å². The van der Waals surface area contributed by atoms with Gasteiger partial charge in [-0.15, -0.1) is 0 Å². The first kappa shape index (κ1) is 15.3. The van der Waals surface area contributed by atoms with Crippen LogP contribution in [0.25, 0.3) is 0 Å². The van der Waals surface area contributed by atoms with E-state index in [1.165, 1.54) is 31.4 Å². The molecule has 1 unspecified atom stereocenters. The molecule has 0 radical (unpaired) electrons. The van der Waals surface area contributed by atoms with Crippen molar-refractivity contribution in [2.24, 2.45) is 5.92 Å². The van der Waals surface area contributed by atoms with Gasteiger partial charge in [0.1, 0.15) is 0 Å². The Morgan fingerprint density at radius 2 is 2.00 bits per heavy atom. The van der Waals surface area contributed by atoms with Crippen molar-refractivity contribution in [3.63, 3.8) is 0 Å². The van der Waals surface area contributed by atoms with E-state index < -0.39 is 0 Å². The second-order valence-corrected chi connectivity index (χ2v) is 5.80. The minimum Gasteiger partial charge on any atom is -0.350 e. The molecule has 2 nitrogen and oxygen atoms in total. The number of nitrogens with zero attached hydrogens (tertiary/aromatic N) is 1. The van der Waals surface area contributed by atoms with Crippen LogP contribution < -0.4 is 5.32 Å². The summed E-state index contributed by atoms with van der Waals surface area (Å²) in [6.07, 6.45) is 7.35. The van der Waals surface area contributed by atoms with E-state index in [0.29, 0.717) is 6.04 Å². The van der Waals surface area contributed by atoms with E-state index in [4.69, 9.17) is 0 Å². The fourth-order valence-corrected chi connectivity index (χ4v) is 2.28. The van der Waals surface area contributed by atoms with Crippen LogP contribution in [0.15, 0.2) is 18.3 Å². The summed E-state index contributed by atoms with van der Waals surface area (Å²) >= 11 is 0. The highest BCUT2D eigenvalue weighted by Crippen LogP contribution is 2.09. The van der Waals surface area contributed by atoms with Gasteiger partial charge < -0.3 is 9.88 Å². The zero-order chi connectivity index (χ0) is 13.4. The van der Waals surface area contributed by atoms with Crippen molar-refractivity contribution in [1.82, 2.24) is 9.88 Å². The molecule has 0 aliphatic heterocycles. The summed E-state index contributed by atoms with van der Waals surface area (Å²) < 4.78 is 2.35. The summed E-state index contributed by atoms with van der Waals surface area (Å²) in [4.78, 5) is 0. The minimum atomic E-state index is 0.619. The molecular weight excluding hydrogens is 220 g/mol. The Balaban J connectivity index is 2.24. The average molecular weight is 250 g/mol. The Morgan fingerprint density at radius 3 is 2.67 bits per heavy atom. The maximum Gasteiger partial charge on any atom is 0.0361 e. The molecule has 0 aliphatic carbocycles. The molecule has 104 valence electrons. The Kier molecular flexibility index (Phi) is 7.11. The molecule has 0 aromatic carbocycles. The van der Waals surface area contributed by atoms with Crippen LogP contribution in [0.1, 0.15) is 59.1 Å². The van der Waals surface area contributed by atoms with E-state index in [-0.39, 0.29) is 0 Å². The lowest BCUT2D eigenvalue weighted by molar-refractivity contribution is 0.450. The van der Waals surface area contributed by atoms with Crippen LogP contribution in [0.2, 0.25) is 0 Å². The third-order valence-electron chi connectivity index (χ3n) is 3.44. The third-order valence-corrected chi connectivity index (χ3v) is 3.44. The maximum atomic E-state index is 3.64. The average Bonchev–Trinajstić information content (AvgIpc) is 2.74. The van der Waals surface area contributed by atoms with Gasteiger partial charge in [-0.25, -0.2) is 0 Å². The lowest BCUT2D eigenvalue weighted by atomic mass is 10.0. The summed E-state index contributed by atoms with van der Waals surface area (Å²) in [5.41, 5.74) is 1.41. The van der Waals surface area contributed by atoms with Gasteiger partial charge in [0.25, 0.3) is 0 Å². The van der Waals surface area contributed by atoms with Crippen molar-refractivity contribution < 1.29 is 0 Å². The Hall–Kier alpha value is -0.760. The number of aromatic nitrogens is 1. The first-order chi connectivity index (χ1) is 8.63. The summed E-state index contributed by atoms with van der Waals surface area (Å²) in [6.45, 7) is 11.3. The van der Waals surface area contributed by atoms with Crippen LogP contribution in [0.4, 0.5) is 0 Å². The summed E-state index contributed by atoms with van der Waals surface area (Å²) in [7, 11) is 0. The molecule has 1 N–H and O–H groups in total. The molecule has 1 aromatic rings. The molecule has 1 rings (SSSR count). The van der Waals surface area contributed by atoms with E-state index in [1.54, 1.807) is 0 Å². The van der Waals surface area contributed by atoms with E-state index in [2.05, 4.69) is 55.9 Å². The Morgan fingerprint density at radius 1 is 1.22 bits per heavy atom. The summed E-state index contributed by atoms with van der Waals surface area (Å²) in [6, 6.07) is 4.99. The van der Waals surface area contributed by atoms with E-state index >= 15 is 0 Å². The number of aryl methyl sites for hydroxylation is 1. The zero-order valence-electron chi connectivity index (χ0n) is 12.6. The highest BCUT2D eigenvalue weighted by molar-refractivity contribution is 5.06. The Labute approximate surface area is 113 Å². The van der Waals surface area contributed by atoms with Crippen LogP contribution >= 0.6 is 0 Å². The van der Waals surface area contributed by atoms with Crippen LogP contribution in [0.5, 0.6) is 0 Å². The molecule has 1 aromatic heterocycles. The van der Waals surface area contributed by atoms with Crippen molar-refractivity contribution in [3.8, 4) is 0 Å². The predicted octanol–water partition coefficient (Wildman–Crippen LogP) is 4.20. The van der Waals surface area contributed by atoms with Gasteiger partial charge in [0, 0.05) is 31.0 Å². The van der Waals surface area contributed by atoms with Crippen LogP contribution in [0.3, 0.4) is 0 Å². The van der Waals surface area contributed by atoms with Gasteiger partial charge in [0.2, 0.25) is 0 Å². The summed E-state index contributed by atoms with van der Waals surface area (Å²) in [5.74, 6) is 0.832. The van der Waals surface area contributed by atoms with Gasteiger partial charge in [-0.3, -0.25) is 0 Å². The van der Waals surface area contributed by atoms with Gasteiger partial charge >= 0.3 is 0 Å². The highest BCUT2D eigenvalue weighted by Gasteiger charge is 2.04. The fourth-order valence-electron chi connectivity index (χ4n) is 2.28. The monoisotopic (exact) mass is 250 g/mol. The van der Waals surface area contributed by atoms with Gasteiger partial charge in [-0.05, 0) is 37.8 Å². The van der Waals surface area contributed by atoms with Crippen molar-refractivity contribution in [3.05, 3.63) is 24.0 Å². The third kappa shape index (κ3) is 5.72. The molecule has 0 saturated heterocycles. The first-order valence-electron chi connectivity index (χ1n) is 7.50. The van der Waals surface area contributed by atoms with Crippen molar-refractivity contribution >= 4 is 0 Å². The maximum absolute atomic E-state index is 3.64. The first-order valence-corrected chi connectivity index (χ1v) is 7.50. The SMILES string of the molecule is CCCn1cccc1CNC(C)CCCC(C)C. The van der Waals surface area contributed by atoms with E-state index in [9.17, 15) is 0 Å². The normalized spacial score (nSPS) is 13.2. The van der Waals surface area contributed by atoms with E-state index in [1.807, 2.05) is 0 Å². The topological polar surface area (TPSA) is 17.0 Å². The van der Waals surface area contributed by atoms with E-state index in [0.717, 1.165) is 19.0 Å². The highest BCUT2D eigenvalue weighted by atomic mass is 15.0. The fraction of sp³-hybridized carbons (Fsp3) is 0.750. The molecule has 0 spiro atoms. The zero-order valence-corrected chi connectivity index (χ0v) is 12.6. The molecule has 0 amide bonds. The van der Waals surface area contributed by atoms with Gasteiger partial charge in [-0.2, -0.15) is 0 Å².